The molecule has 0 aliphatic carbocycles. The Hall–Kier alpha value is -2.25. The van der Waals surface area contributed by atoms with Crippen LogP contribution in [0.5, 0.6) is 0 Å². The number of rotatable bonds is 5. The predicted molar refractivity (Wildman–Crippen MR) is 95.2 cm³/mol. The van der Waals surface area contributed by atoms with Gasteiger partial charge in [0.05, 0.1) is 5.69 Å². The maximum absolute atomic E-state index is 11.8. The zero-order valence-corrected chi connectivity index (χ0v) is 15.2. The van der Waals surface area contributed by atoms with Crippen LogP contribution < -0.4 is 5.56 Å². The monoisotopic (exact) mass is 378 g/mol. The summed E-state index contributed by atoms with van der Waals surface area (Å²) in [6.45, 7) is 3.92. The van der Waals surface area contributed by atoms with E-state index >= 15 is 0 Å². The number of aromatic nitrogens is 6. The van der Waals surface area contributed by atoms with Crippen LogP contribution in [0.2, 0.25) is 10.0 Å². The van der Waals surface area contributed by atoms with Crippen molar-refractivity contribution in [3.8, 4) is 0 Å². The molecule has 0 saturated heterocycles. The molecule has 0 amide bonds. The van der Waals surface area contributed by atoms with Gasteiger partial charge in [-0.15, -0.1) is 10.2 Å². The maximum atomic E-state index is 11.8. The third kappa shape index (κ3) is 4.05. The van der Waals surface area contributed by atoms with Crippen LogP contribution in [0.3, 0.4) is 0 Å². The number of nitrogens with one attached hydrogen (secondary N) is 2. The fourth-order valence-electron chi connectivity index (χ4n) is 2.53. The van der Waals surface area contributed by atoms with Crippen molar-refractivity contribution in [2.75, 3.05) is 0 Å². The van der Waals surface area contributed by atoms with Gasteiger partial charge in [0.15, 0.2) is 5.82 Å². The molecule has 7 nitrogen and oxygen atoms in total. The quantitative estimate of drug-likeness (QED) is 0.710. The summed E-state index contributed by atoms with van der Waals surface area (Å²) in [5.41, 5.74) is 2.86. The Balaban J connectivity index is 1.88. The lowest BCUT2D eigenvalue weighted by Gasteiger charge is -2.10. The molecular formula is C16H16Cl2N6O. The predicted octanol–water partition coefficient (Wildman–Crippen LogP) is 2.89. The van der Waals surface area contributed by atoms with Crippen molar-refractivity contribution in [3.63, 3.8) is 0 Å². The Labute approximate surface area is 153 Å². The number of H-pyrrole nitrogens is 2. The molecule has 0 fully saturated rings. The highest BCUT2D eigenvalue weighted by molar-refractivity contribution is 6.36. The number of benzene rings is 1. The molecule has 0 unspecified atom stereocenters. The SMILES string of the molecule is CC(C)c1cc(Cc2c(Cl)cc(Cc3nn[nH]n3)cc2Cl)n[nH]c1=O. The van der Waals surface area contributed by atoms with Crippen molar-refractivity contribution < 1.29 is 0 Å². The number of halogens is 2. The molecule has 0 aliphatic rings. The van der Waals surface area contributed by atoms with E-state index in [2.05, 4.69) is 30.8 Å². The summed E-state index contributed by atoms with van der Waals surface area (Å²) >= 11 is 12.8. The molecule has 0 aliphatic heterocycles. The first-order valence-corrected chi connectivity index (χ1v) is 8.47. The third-order valence-corrected chi connectivity index (χ3v) is 4.49. The second-order valence-electron chi connectivity index (χ2n) is 6.02. The smallest absolute Gasteiger partial charge is 0.267 e. The van der Waals surface area contributed by atoms with Gasteiger partial charge in [-0.2, -0.15) is 10.3 Å². The summed E-state index contributed by atoms with van der Waals surface area (Å²) in [4.78, 5) is 11.8. The average molecular weight is 379 g/mol. The summed E-state index contributed by atoms with van der Waals surface area (Å²) < 4.78 is 0. The lowest BCUT2D eigenvalue weighted by atomic mass is 10.0. The van der Waals surface area contributed by atoms with Crippen molar-refractivity contribution in [1.82, 2.24) is 30.8 Å². The van der Waals surface area contributed by atoms with Gasteiger partial charge in [0.25, 0.3) is 5.56 Å². The molecule has 2 heterocycles. The molecule has 9 heteroatoms. The molecule has 0 spiro atoms. The van der Waals surface area contributed by atoms with E-state index in [0.29, 0.717) is 40.0 Å². The van der Waals surface area contributed by atoms with Crippen molar-refractivity contribution in [2.24, 2.45) is 0 Å². The summed E-state index contributed by atoms with van der Waals surface area (Å²) in [6.07, 6.45) is 0.904. The Bertz CT molecular complexity index is 913. The number of nitrogens with zero attached hydrogens (tertiary/aromatic N) is 4. The van der Waals surface area contributed by atoms with E-state index in [9.17, 15) is 4.79 Å². The van der Waals surface area contributed by atoms with Gasteiger partial charge in [0, 0.05) is 28.5 Å². The molecule has 130 valence electrons. The minimum Gasteiger partial charge on any atom is -0.268 e. The van der Waals surface area contributed by atoms with Gasteiger partial charge in [-0.1, -0.05) is 42.3 Å². The minimum atomic E-state index is -0.175. The Morgan fingerprint density at radius 3 is 2.40 bits per heavy atom. The summed E-state index contributed by atoms with van der Waals surface area (Å²) in [7, 11) is 0. The van der Waals surface area contributed by atoms with Crippen LogP contribution in [0.1, 0.15) is 48.0 Å². The van der Waals surface area contributed by atoms with Crippen molar-refractivity contribution in [3.05, 3.63) is 66.8 Å². The van der Waals surface area contributed by atoms with E-state index in [1.165, 1.54) is 0 Å². The van der Waals surface area contributed by atoms with Crippen LogP contribution >= 0.6 is 23.2 Å². The first-order valence-electron chi connectivity index (χ1n) is 7.71. The molecule has 0 saturated carbocycles. The number of hydrogen-bond acceptors (Lipinski definition) is 5. The fraction of sp³-hybridized carbons (Fsp3) is 0.312. The van der Waals surface area contributed by atoms with Gasteiger partial charge in [-0.25, -0.2) is 5.10 Å². The molecule has 3 rings (SSSR count). The summed E-state index contributed by atoms with van der Waals surface area (Å²) in [6, 6.07) is 5.45. The Morgan fingerprint density at radius 1 is 1.08 bits per heavy atom. The minimum absolute atomic E-state index is 0.105. The number of hydrogen-bond donors (Lipinski definition) is 2. The van der Waals surface area contributed by atoms with Crippen molar-refractivity contribution in [1.29, 1.82) is 0 Å². The first kappa shape index (κ1) is 17.6. The summed E-state index contributed by atoms with van der Waals surface area (Å²) in [5, 5.41) is 21.5. The molecule has 0 radical (unpaired) electrons. The average Bonchev–Trinajstić information content (AvgIpc) is 3.05. The van der Waals surface area contributed by atoms with Crippen LogP contribution in [0.4, 0.5) is 0 Å². The Morgan fingerprint density at radius 2 is 1.80 bits per heavy atom. The zero-order valence-electron chi connectivity index (χ0n) is 13.7. The van der Waals surface area contributed by atoms with Crippen LogP contribution in [-0.2, 0) is 12.8 Å². The standard InChI is InChI=1S/C16H16Cl2N6O/c1-8(2)11-6-10(19-22-16(11)25)7-12-13(17)3-9(4-14(12)18)5-15-20-23-24-21-15/h3-4,6,8H,5,7H2,1-2H3,(H,22,25)(H,20,21,23,24). The molecule has 0 atom stereocenters. The second kappa shape index (κ2) is 7.33. The number of tetrazole rings is 1. The molecule has 2 aromatic heterocycles. The highest BCUT2D eigenvalue weighted by atomic mass is 35.5. The summed E-state index contributed by atoms with van der Waals surface area (Å²) in [5.74, 6) is 0.664. The molecule has 25 heavy (non-hydrogen) atoms. The van der Waals surface area contributed by atoms with Gasteiger partial charge < -0.3 is 0 Å². The Kier molecular flexibility index (Phi) is 5.15. The lowest BCUT2D eigenvalue weighted by Crippen LogP contribution is -2.17. The van der Waals surface area contributed by atoms with Gasteiger partial charge in [0.2, 0.25) is 0 Å². The van der Waals surface area contributed by atoms with Gasteiger partial charge in [-0.3, -0.25) is 4.79 Å². The van der Waals surface area contributed by atoms with Gasteiger partial charge in [0.1, 0.15) is 0 Å². The molecule has 2 N–H and O–H groups in total. The highest BCUT2D eigenvalue weighted by Crippen LogP contribution is 2.29. The third-order valence-electron chi connectivity index (χ3n) is 3.82. The van der Waals surface area contributed by atoms with Crippen LogP contribution in [0, 0.1) is 0 Å². The largest absolute Gasteiger partial charge is 0.268 e. The molecule has 0 bridgehead atoms. The van der Waals surface area contributed by atoms with E-state index in [1.807, 2.05) is 26.0 Å². The van der Waals surface area contributed by atoms with E-state index in [0.717, 1.165) is 11.1 Å². The van der Waals surface area contributed by atoms with Crippen molar-refractivity contribution >= 4 is 23.2 Å². The van der Waals surface area contributed by atoms with E-state index in [-0.39, 0.29) is 11.5 Å². The molecule has 1 aromatic carbocycles. The molecular weight excluding hydrogens is 363 g/mol. The van der Waals surface area contributed by atoms with E-state index < -0.39 is 0 Å². The lowest BCUT2D eigenvalue weighted by molar-refractivity contribution is 0.801. The second-order valence-corrected chi connectivity index (χ2v) is 6.83. The zero-order chi connectivity index (χ0) is 18.0. The normalized spacial score (nSPS) is 11.2. The van der Waals surface area contributed by atoms with Crippen LogP contribution in [0.15, 0.2) is 23.0 Å². The van der Waals surface area contributed by atoms with Crippen LogP contribution in [-0.4, -0.2) is 30.8 Å². The van der Waals surface area contributed by atoms with Gasteiger partial charge in [-0.05, 0) is 35.2 Å². The first-order chi connectivity index (χ1) is 11.9. The highest BCUT2D eigenvalue weighted by Gasteiger charge is 2.13. The topological polar surface area (TPSA) is 100 Å². The van der Waals surface area contributed by atoms with E-state index in [1.54, 1.807) is 6.07 Å². The fourth-order valence-corrected chi connectivity index (χ4v) is 3.20. The van der Waals surface area contributed by atoms with E-state index in [4.69, 9.17) is 23.2 Å². The molecule has 3 aromatic rings. The maximum Gasteiger partial charge on any atom is 0.267 e. The van der Waals surface area contributed by atoms with Crippen molar-refractivity contribution in [2.45, 2.75) is 32.6 Å². The number of aromatic amines is 2. The van der Waals surface area contributed by atoms with Crippen LogP contribution in [0.25, 0.3) is 0 Å². The van der Waals surface area contributed by atoms with Gasteiger partial charge >= 0.3 is 0 Å².